The Hall–Kier alpha value is -1.36. The molecule has 1 fully saturated rings. The summed E-state index contributed by atoms with van der Waals surface area (Å²) < 4.78 is 11.3. The van der Waals surface area contributed by atoms with Crippen LogP contribution in [0, 0.1) is 0 Å². The van der Waals surface area contributed by atoms with Crippen LogP contribution in [0.3, 0.4) is 0 Å². The number of ether oxygens (including phenoxy) is 2. The van der Waals surface area contributed by atoms with E-state index in [2.05, 4.69) is 21.7 Å². The number of para-hydroxylation sites is 1. The average Bonchev–Trinajstić information content (AvgIpc) is 3.22. The summed E-state index contributed by atoms with van der Waals surface area (Å²) >= 11 is 1.79. The zero-order valence-corrected chi connectivity index (χ0v) is 13.6. The van der Waals surface area contributed by atoms with Gasteiger partial charge in [-0.15, -0.1) is 0 Å². The largest absolute Gasteiger partial charge is 0.491 e. The quantitative estimate of drug-likeness (QED) is 0.687. The summed E-state index contributed by atoms with van der Waals surface area (Å²) in [5, 5.41) is 4.45. The van der Waals surface area contributed by atoms with Crippen molar-refractivity contribution in [2.24, 2.45) is 0 Å². The van der Waals surface area contributed by atoms with Crippen LogP contribution in [0.4, 0.5) is 0 Å². The Balaban J connectivity index is 1.31. The topological polar surface area (TPSA) is 21.7 Å². The van der Waals surface area contributed by atoms with E-state index in [9.17, 15) is 0 Å². The van der Waals surface area contributed by atoms with Gasteiger partial charge >= 0.3 is 0 Å². The highest BCUT2D eigenvalue weighted by atomic mass is 32.1. The Morgan fingerprint density at radius 2 is 2.00 bits per heavy atom. The fraction of sp³-hybridized carbons (Fsp3) is 0.444. The lowest BCUT2D eigenvalue weighted by atomic mass is 10.1. The van der Waals surface area contributed by atoms with Gasteiger partial charge in [0.1, 0.15) is 12.4 Å². The van der Waals surface area contributed by atoms with Crippen LogP contribution in [0.25, 0.3) is 0 Å². The lowest BCUT2D eigenvalue weighted by Gasteiger charge is -2.23. The summed E-state index contributed by atoms with van der Waals surface area (Å²) in [5.41, 5.74) is 1.47. The van der Waals surface area contributed by atoms with E-state index in [1.54, 1.807) is 11.3 Å². The Morgan fingerprint density at radius 3 is 2.82 bits per heavy atom. The minimum absolute atomic E-state index is 0.593. The molecule has 1 saturated heterocycles. The second-order valence-electron chi connectivity index (χ2n) is 5.52. The fourth-order valence-corrected chi connectivity index (χ4v) is 3.66. The minimum atomic E-state index is 0.593. The van der Waals surface area contributed by atoms with Crippen molar-refractivity contribution in [1.82, 2.24) is 4.90 Å². The van der Waals surface area contributed by atoms with E-state index in [1.165, 1.54) is 24.9 Å². The molecule has 0 unspecified atom stereocenters. The first-order valence-corrected chi connectivity index (χ1v) is 8.89. The van der Waals surface area contributed by atoms with Crippen LogP contribution in [0.2, 0.25) is 0 Å². The smallest absolute Gasteiger partial charge is 0.119 e. The van der Waals surface area contributed by atoms with Crippen molar-refractivity contribution in [2.75, 3.05) is 32.9 Å². The number of hydrogen-bond donors (Lipinski definition) is 0. The third-order valence-electron chi connectivity index (χ3n) is 4.05. The van der Waals surface area contributed by atoms with Crippen LogP contribution in [-0.4, -0.2) is 37.8 Å². The lowest BCUT2D eigenvalue weighted by Crippen LogP contribution is -2.27. The maximum Gasteiger partial charge on any atom is 0.119 e. The van der Waals surface area contributed by atoms with Crippen molar-refractivity contribution in [1.29, 1.82) is 0 Å². The van der Waals surface area contributed by atoms with Gasteiger partial charge in [0.15, 0.2) is 0 Å². The third-order valence-corrected chi connectivity index (χ3v) is 4.76. The minimum Gasteiger partial charge on any atom is -0.491 e. The lowest BCUT2D eigenvalue weighted by molar-refractivity contribution is 0.0767. The molecule has 1 aromatic heterocycles. The molecule has 3 nitrogen and oxygen atoms in total. The zero-order valence-electron chi connectivity index (χ0n) is 12.8. The number of benzene rings is 1. The number of thiophene rings is 1. The summed E-state index contributed by atoms with van der Waals surface area (Å²) in [5.74, 6) is 0.906. The first kappa shape index (κ1) is 15.5. The maximum atomic E-state index is 5.72. The first-order chi connectivity index (χ1) is 10.9. The van der Waals surface area contributed by atoms with E-state index in [-0.39, 0.29) is 0 Å². The molecule has 2 heterocycles. The van der Waals surface area contributed by atoms with E-state index >= 15 is 0 Å². The molecular formula is C18H23NO2S. The van der Waals surface area contributed by atoms with Gasteiger partial charge in [-0.2, -0.15) is 11.3 Å². The average molecular weight is 317 g/mol. The maximum absolute atomic E-state index is 5.72. The Morgan fingerprint density at radius 1 is 1.09 bits per heavy atom. The molecule has 118 valence electrons. The molecule has 0 bridgehead atoms. The predicted octanol–water partition coefficient (Wildman–Crippen LogP) is 3.98. The second kappa shape index (κ2) is 8.32. The summed E-state index contributed by atoms with van der Waals surface area (Å²) in [6, 6.07) is 12.7. The van der Waals surface area contributed by atoms with Gasteiger partial charge in [-0.25, -0.2) is 0 Å². The number of nitrogens with zero attached hydrogens (tertiary/aromatic N) is 1. The molecule has 3 rings (SSSR count). The molecule has 0 spiro atoms. The normalized spacial score (nSPS) is 18.6. The first-order valence-electron chi connectivity index (χ1n) is 7.95. The van der Waals surface area contributed by atoms with Crippen LogP contribution in [0.5, 0.6) is 5.75 Å². The highest BCUT2D eigenvalue weighted by Crippen LogP contribution is 2.32. The summed E-state index contributed by atoms with van der Waals surface area (Å²) in [7, 11) is 0. The number of likely N-dealkylation sites (tertiary alicyclic amines) is 1. The molecule has 0 amide bonds. The highest BCUT2D eigenvalue weighted by Gasteiger charge is 2.25. The van der Waals surface area contributed by atoms with Gasteiger partial charge in [0, 0.05) is 12.6 Å². The van der Waals surface area contributed by atoms with Crippen molar-refractivity contribution in [3.8, 4) is 5.75 Å². The SMILES string of the molecule is c1ccc(OCCOCCN2CCC[C@H]2c2ccsc2)cc1. The Labute approximate surface area is 136 Å². The van der Waals surface area contributed by atoms with E-state index in [4.69, 9.17) is 9.47 Å². The Bertz CT molecular complexity index is 529. The standard InChI is InChI=1S/C18H23NO2S/c1-2-5-17(6-3-1)21-13-12-20-11-10-19-9-4-7-18(19)16-8-14-22-15-16/h1-3,5-6,8,14-15,18H,4,7,9-13H2/t18-/m0/s1. The molecule has 1 aliphatic rings. The molecule has 1 atom stereocenters. The van der Waals surface area contributed by atoms with E-state index in [1.807, 2.05) is 30.3 Å². The van der Waals surface area contributed by atoms with Gasteiger partial charge in [0.2, 0.25) is 0 Å². The molecule has 2 aromatic rings. The van der Waals surface area contributed by atoms with Crippen LogP contribution >= 0.6 is 11.3 Å². The summed E-state index contributed by atoms with van der Waals surface area (Å²) in [6.07, 6.45) is 2.56. The molecular weight excluding hydrogens is 294 g/mol. The van der Waals surface area contributed by atoms with E-state index in [0.29, 0.717) is 19.3 Å². The fourth-order valence-electron chi connectivity index (χ4n) is 2.95. The van der Waals surface area contributed by atoms with Gasteiger partial charge in [0.05, 0.1) is 13.2 Å². The zero-order chi connectivity index (χ0) is 15.0. The van der Waals surface area contributed by atoms with Gasteiger partial charge < -0.3 is 9.47 Å². The molecule has 1 aromatic carbocycles. The molecule has 0 aliphatic carbocycles. The molecule has 0 radical (unpaired) electrons. The molecule has 4 heteroatoms. The van der Waals surface area contributed by atoms with Gasteiger partial charge in [-0.3, -0.25) is 4.90 Å². The van der Waals surface area contributed by atoms with Gasteiger partial charge in [-0.05, 0) is 53.9 Å². The van der Waals surface area contributed by atoms with Gasteiger partial charge in [0.25, 0.3) is 0 Å². The van der Waals surface area contributed by atoms with E-state index < -0.39 is 0 Å². The van der Waals surface area contributed by atoms with Gasteiger partial charge in [-0.1, -0.05) is 18.2 Å². The highest BCUT2D eigenvalue weighted by molar-refractivity contribution is 7.07. The Kier molecular flexibility index (Phi) is 5.87. The molecule has 1 aliphatic heterocycles. The third kappa shape index (κ3) is 4.32. The second-order valence-corrected chi connectivity index (χ2v) is 6.30. The van der Waals surface area contributed by atoms with E-state index in [0.717, 1.165) is 18.9 Å². The van der Waals surface area contributed by atoms with Crippen LogP contribution in [0.1, 0.15) is 24.4 Å². The van der Waals surface area contributed by atoms with Crippen molar-refractivity contribution >= 4 is 11.3 Å². The van der Waals surface area contributed by atoms with Crippen molar-refractivity contribution < 1.29 is 9.47 Å². The molecule has 0 saturated carbocycles. The van der Waals surface area contributed by atoms with Crippen LogP contribution in [0.15, 0.2) is 47.2 Å². The number of rotatable bonds is 8. The van der Waals surface area contributed by atoms with Crippen molar-refractivity contribution in [3.05, 3.63) is 52.7 Å². The van der Waals surface area contributed by atoms with Crippen LogP contribution < -0.4 is 4.74 Å². The number of hydrogen-bond acceptors (Lipinski definition) is 4. The molecule has 0 N–H and O–H groups in total. The molecule has 22 heavy (non-hydrogen) atoms. The van der Waals surface area contributed by atoms with Crippen molar-refractivity contribution in [2.45, 2.75) is 18.9 Å². The predicted molar refractivity (Wildman–Crippen MR) is 90.6 cm³/mol. The monoisotopic (exact) mass is 317 g/mol. The van der Waals surface area contributed by atoms with Crippen molar-refractivity contribution in [3.63, 3.8) is 0 Å². The summed E-state index contributed by atoms with van der Waals surface area (Å²) in [6.45, 7) is 4.22. The van der Waals surface area contributed by atoms with Crippen LogP contribution in [-0.2, 0) is 4.74 Å². The summed E-state index contributed by atoms with van der Waals surface area (Å²) in [4.78, 5) is 2.54.